The fourth-order valence-electron chi connectivity index (χ4n) is 0.889. The van der Waals surface area contributed by atoms with E-state index in [1.54, 1.807) is 0 Å². The van der Waals surface area contributed by atoms with E-state index in [1.807, 2.05) is 20.8 Å². The molecule has 0 unspecified atom stereocenters. The van der Waals surface area contributed by atoms with Crippen LogP contribution < -0.4 is 0 Å². The third-order valence-electron chi connectivity index (χ3n) is 1.52. The third-order valence-corrected chi connectivity index (χ3v) is 1.52. The van der Waals surface area contributed by atoms with Crippen molar-refractivity contribution in [3.63, 3.8) is 0 Å². The highest BCUT2D eigenvalue weighted by molar-refractivity contribution is 5.93. The lowest BCUT2D eigenvalue weighted by molar-refractivity contribution is -0.133. The summed E-state index contributed by atoms with van der Waals surface area (Å²) >= 11 is 0. The molecular formula is C7H11NO3. The third kappa shape index (κ3) is 1.50. The fraction of sp³-hybridized carbons (Fsp3) is 0.714. The van der Waals surface area contributed by atoms with Gasteiger partial charge in [-0.3, -0.25) is 4.90 Å². The number of rotatable bonds is 0. The smallest absolute Gasteiger partial charge is 0.375 e. The molecule has 4 heteroatoms. The molecule has 0 saturated carbocycles. The largest absolute Gasteiger partial charge is 0.418 e. The van der Waals surface area contributed by atoms with Crippen molar-refractivity contribution in [3.8, 4) is 0 Å². The maximum absolute atomic E-state index is 10.9. The Morgan fingerprint density at radius 2 is 1.91 bits per heavy atom. The first-order valence-electron chi connectivity index (χ1n) is 3.43. The number of ether oxygens (including phenoxy) is 1. The number of carbonyl (C=O) groups is 2. The minimum absolute atomic E-state index is 0.0718. The molecule has 0 aliphatic carbocycles. The van der Waals surface area contributed by atoms with Crippen molar-refractivity contribution >= 4 is 12.1 Å². The summed E-state index contributed by atoms with van der Waals surface area (Å²) in [6.45, 7) is 5.63. The van der Waals surface area contributed by atoms with E-state index in [0.29, 0.717) is 0 Å². The normalized spacial score (nSPS) is 19.0. The summed E-state index contributed by atoms with van der Waals surface area (Å²) in [5.41, 5.74) is -0.330. The molecule has 0 aromatic heterocycles. The highest BCUT2D eigenvalue weighted by Gasteiger charge is 2.37. The maximum atomic E-state index is 10.9. The van der Waals surface area contributed by atoms with Crippen molar-refractivity contribution in [2.75, 3.05) is 6.54 Å². The van der Waals surface area contributed by atoms with Gasteiger partial charge in [0, 0.05) is 5.54 Å². The summed E-state index contributed by atoms with van der Waals surface area (Å²) in [6.07, 6.45) is -0.539. The Bertz CT molecular complexity index is 204. The molecule has 62 valence electrons. The summed E-state index contributed by atoms with van der Waals surface area (Å²) < 4.78 is 4.35. The van der Waals surface area contributed by atoms with Gasteiger partial charge in [-0.2, -0.15) is 0 Å². The number of nitrogens with zero attached hydrogens (tertiary/aromatic N) is 1. The number of amides is 1. The van der Waals surface area contributed by atoms with Crippen molar-refractivity contribution in [1.29, 1.82) is 0 Å². The topological polar surface area (TPSA) is 46.6 Å². The minimum Gasteiger partial charge on any atom is -0.375 e. The zero-order chi connectivity index (χ0) is 8.65. The molecule has 1 amide bonds. The monoisotopic (exact) mass is 157 g/mol. The molecule has 1 fully saturated rings. The van der Waals surface area contributed by atoms with Gasteiger partial charge in [0.2, 0.25) is 0 Å². The van der Waals surface area contributed by atoms with Crippen LogP contribution in [-0.4, -0.2) is 29.0 Å². The first-order chi connectivity index (χ1) is 4.91. The van der Waals surface area contributed by atoms with E-state index in [1.165, 1.54) is 4.90 Å². The van der Waals surface area contributed by atoms with Crippen molar-refractivity contribution in [1.82, 2.24) is 4.90 Å². The molecule has 4 nitrogen and oxygen atoms in total. The van der Waals surface area contributed by atoms with Crippen LogP contribution in [0.3, 0.4) is 0 Å². The summed E-state index contributed by atoms with van der Waals surface area (Å²) in [5, 5.41) is 0. The fourth-order valence-corrected chi connectivity index (χ4v) is 0.889. The standard InChI is InChI=1S/C7H11NO3/c1-7(2,3)8-4-5(9)11-6(8)10/h4H2,1-3H3. The van der Waals surface area contributed by atoms with Crippen LogP contribution in [0.25, 0.3) is 0 Å². The molecule has 0 atom stereocenters. The van der Waals surface area contributed by atoms with E-state index in [2.05, 4.69) is 4.74 Å². The Hall–Kier alpha value is -1.06. The van der Waals surface area contributed by atoms with Crippen molar-refractivity contribution in [2.45, 2.75) is 26.3 Å². The summed E-state index contributed by atoms with van der Waals surface area (Å²) in [5.74, 6) is -0.468. The number of hydrogen-bond acceptors (Lipinski definition) is 3. The van der Waals surface area contributed by atoms with Gasteiger partial charge in [0.15, 0.2) is 0 Å². The Morgan fingerprint density at radius 3 is 2.09 bits per heavy atom. The second kappa shape index (κ2) is 2.22. The Kier molecular flexibility index (Phi) is 1.62. The van der Waals surface area contributed by atoms with Crippen LogP contribution in [0.1, 0.15) is 20.8 Å². The van der Waals surface area contributed by atoms with E-state index in [0.717, 1.165) is 0 Å². The average molecular weight is 157 g/mol. The van der Waals surface area contributed by atoms with Crippen LogP contribution in [0.5, 0.6) is 0 Å². The Balaban J connectivity index is 2.76. The van der Waals surface area contributed by atoms with E-state index in [4.69, 9.17) is 0 Å². The van der Waals surface area contributed by atoms with Gasteiger partial charge in [-0.05, 0) is 20.8 Å². The van der Waals surface area contributed by atoms with E-state index >= 15 is 0 Å². The van der Waals surface area contributed by atoms with E-state index in [-0.39, 0.29) is 12.1 Å². The Labute approximate surface area is 65.1 Å². The lowest BCUT2D eigenvalue weighted by Crippen LogP contribution is -2.41. The zero-order valence-electron chi connectivity index (χ0n) is 6.88. The van der Waals surface area contributed by atoms with Crippen LogP contribution in [0.2, 0.25) is 0 Å². The van der Waals surface area contributed by atoms with Gasteiger partial charge in [0.1, 0.15) is 6.54 Å². The first-order valence-corrected chi connectivity index (χ1v) is 3.43. The molecule has 0 N–H and O–H groups in total. The van der Waals surface area contributed by atoms with Gasteiger partial charge in [0.25, 0.3) is 0 Å². The molecule has 1 aliphatic rings. The van der Waals surface area contributed by atoms with Gasteiger partial charge in [-0.15, -0.1) is 0 Å². The van der Waals surface area contributed by atoms with Crippen LogP contribution in [0, 0.1) is 0 Å². The first kappa shape index (κ1) is 8.04. The average Bonchev–Trinajstić information content (AvgIpc) is 2.08. The van der Waals surface area contributed by atoms with Crippen LogP contribution in [-0.2, 0) is 9.53 Å². The Morgan fingerprint density at radius 1 is 1.36 bits per heavy atom. The van der Waals surface area contributed by atoms with E-state index < -0.39 is 12.1 Å². The molecule has 0 bridgehead atoms. The molecule has 0 radical (unpaired) electrons. The molecular weight excluding hydrogens is 146 g/mol. The summed E-state index contributed by atoms with van der Waals surface area (Å²) in [4.78, 5) is 22.9. The number of hydrogen-bond donors (Lipinski definition) is 0. The molecule has 1 saturated heterocycles. The quantitative estimate of drug-likeness (QED) is 0.385. The summed E-state index contributed by atoms with van der Waals surface area (Å²) in [7, 11) is 0. The van der Waals surface area contributed by atoms with Gasteiger partial charge < -0.3 is 4.74 Å². The maximum Gasteiger partial charge on any atom is 0.418 e. The molecule has 0 aromatic rings. The van der Waals surface area contributed by atoms with Crippen molar-refractivity contribution in [3.05, 3.63) is 0 Å². The molecule has 11 heavy (non-hydrogen) atoms. The molecule has 1 aliphatic heterocycles. The predicted molar refractivity (Wildman–Crippen MR) is 37.9 cm³/mol. The van der Waals surface area contributed by atoms with Crippen LogP contribution in [0.4, 0.5) is 4.79 Å². The van der Waals surface area contributed by atoms with Crippen LogP contribution >= 0.6 is 0 Å². The molecule has 0 spiro atoms. The number of carbonyl (C=O) groups excluding carboxylic acids is 2. The van der Waals surface area contributed by atoms with Gasteiger partial charge in [-0.1, -0.05) is 0 Å². The molecule has 1 heterocycles. The number of esters is 1. The lowest BCUT2D eigenvalue weighted by atomic mass is 10.1. The van der Waals surface area contributed by atoms with E-state index in [9.17, 15) is 9.59 Å². The lowest BCUT2D eigenvalue weighted by Gasteiger charge is -2.27. The zero-order valence-corrected chi connectivity index (χ0v) is 6.88. The van der Waals surface area contributed by atoms with Crippen molar-refractivity contribution < 1.29 is 14.3 Å². The van der Waals surface area contributed by atoms with Crippen LogP contribution in [0.15, 0.2) is 0 Å². The van der Waals surface area contributed by atoms with Gasteiger partial charge >= 0.3 is 12.1 Å². The summed E-state index contributed by atoms with van der Waals surface area (Å²) in [6, 6.07) is 0. The molecule has 1 rings (SSSR count). The minimum atomic E-state index is -0.539. The molecule has 0 aromatic carbocycles. The predicted octanol–water partition coefficient (Wildman–Crippen LogP) is 0.764. The van der Waals surface area contributed by atoms with Gasteiger partial charge in [-0.25, -0.2) is 9.59 Å². The van der Waals surface area contributed by atoms with Crippen molar-refractivity contribution in [2.24, 2.45) is 0 Å². The van der Waals surface area contributed by atoms with Gasteiger partial charge in [0.05, 0.1) is 0 Å². The SMILES string of the molecule is CC(C)(C)N1CC(=O)OC1=O. The second-order valence-electron chi connectivity index (χ2n) is 3.50. The highest BCUT2D eigenvalue weighted by Crippen LogP contribution is 2.18. The number of cyclic esters (lactones) is 2. The second-order valence-corrected chi connectivity index (χ2v) is 3.50. The highest BCUT2D eigenvalue weighted by atomic mass is 16.6.